The van der Waals surface area contributed by atoms with Crippen LogP contribution in [0.1, 0.15) is 24.1 Å². The average Bonchev–Trinajstić information content (AvgIpc) is 3.02. The smallest absolute Gasteiger partial charge is 0.227 e. The Kier molecular flexibility index (Phi) is 4.91. The molecule has 0 saturated carbocycles. The van der Waals surface area contributed by atoms with E-state index in [1.54, 1.807) is 36.1 Å². The quantitative estimate of drug-likeness (QED) is 0.806. The SMILES string of the molecule is COc1ccc(F)c(CN2C[C@H]3CC[C@@H](C2)N(Cc2cscn2)C3=O)c1. The second-order valence-corrected chi connectivity index (χ2v) is 7.74. The minimum atomic E-state index is -0.229. The highest BCUT2D eigenvalue weighted by molar-refractivity contribution is 7.07. The van der Waals surface area contributed by atoms with Gasteiger partial charge in [0, 0.05) is 36.6 Å². The van der Waals surface area contributed by atoms with Gasteiger partial charge in [0.1, 0.15) is 11.6 Å². The summed E-state index contributed by atoms with van der Waals surface area (Å²) < 4.78 is 19.4. The van der Waals surface area contributed by atoms with Crippen LogP contribution in [0.3, 0.4) is 0 Å². The van der Waals surface area contributed by atoms with Crippen molar-refractivity contribution in [1.29, 1.82) is 0 Å². The predicted octanol–water partition coefficient (Wildman–Crippen LogP) is 2.91. The zero-order valence-corrected chi connectivity index (χ0v) is 15.5. The minimum absolute atomic E-state index is 0.0129. The van der Waals surface area contributed by atoms with E-state index in [-0.39, 0.29) is 23.7 Å². The molecule has 3 aliphatic heterocycles. The van der Waals surface area contributed by atoms with Gasteiger partial charge < -0.3 is 9.64 Å². The molecular weight excluding hydrogens is 353 g/mol. The Morgan fingerprint density at radius 3 is 2.96 bits per heavy atom. The third-order valence-electron chi connectivity index (χ3n) is 5.33. The third-order valence-corrected chi connectivity index (χ3v) is 5.97. The molecule has 4 heterocycles. The van der Waals surface area contributed by atoms with E-state index in [0.717, 1.165) is 25.1 Å². The van der Waals surface area contributed by atoms with E-state index < -0.39 is 0 Å². The molecule has 5 nitrogen and oxygen atoms in total. The molecule has 1 aromatic heterocycles. The second-order valence-electron chi connectivity index (χ2n) is 7.03. The fourth-order valence-electron chi connectivity index (χ4n) is 4.00. The van der Waals surface area contributed by atoms with E-state index in [9.17, 15) is 9.18 Å². The number of hydrogen-bond acceptors (Lipinski definition) is 5. The van der Waals surface area contributed by atoms with Gasteiger partial charge in [0.25, 0.3) is 0 Å². The Bertz CT molecular complexity index is 783. The predicted molar refractivity (Wildman–Crippen MR) is 97.4 cm³/mol. The zero-order valence-electron chi connectivity index (χ0n) is 14.7. The van der Waals surface area contributed by atoms with Gasteiger partial charge in [0.05, 0.1) is 30.8 Å². The summed E-state index contributed by atoms with van der Waals surface area (Å²) in [7, 11) is 1.58. The van der Waals surface area contributed by atoms with E-state index >= 15 is 0 Å². The highest BCUT2D eigenvalue weighted by Crippen LogP contribution is 2.31. The van der Waals surface area contributed by atoms with Crippen molar-refractivity contribution in [2.24, 2.45) is 5.92 Å². The Morgan fingerprint density at radius 2 is 2.19 bits per heavy atom. The molecule has 1 amide bonds. The van der Waals surface area contributed by atoms with Crippen LogP contribution in [0.5, 0.6) is 5.75 Å². The van der Waals surface area contributed by atoms with Crippen molar-refractivity contribution in [2.75, 3.05) is 20.2 Å². The van der Waals surface area contributed by atoms with Crippen molar-refractivity contribution >= 4 is 17.2 Å². The molecule has 1 aromatic carbocycles. The third kappa shape index (κ3) is 3.46. The molecule has 0 radical (unpaired) electrons. The van der Waals surface area contributed by atoms with Crippen LogP contribution in [-0.2, 0) is 17.9 Å². The number of nitrogens with zero attached hydrogens (tertiary/aromatic N) is 3. The number of carbonyl (C=O) groups is 1. The zero-order chi connectivity index (χ0) is 18.1. The average molecular weight is 375 g/mol. The van der Waals surface area contributed by atoms with Gasteiger partial charge in [-0.25, -0.2) is 9.37 Å². The minimum Gasteiger partial charge on any atom is -0.497 e. The highest BCUT2D eigenvalue weighted by Gasteiger charge is 2.40. The monoisotopic (exact) mass is 375 g/mol. The summed E-state index contributed by atoms with van der Waals surface area (Å²) in [6, 6.07) is 4.98. The van der Waals surface area contributed by atoms with Gasteiger partial charge in [0.15, 0.2) is 0 Å². The number of amides is 1. The van der Waals surface area contributed by atoms with Crippen LogP contribution in [0.2, 0.25) is 0 Å². The number of halogens is 1. The Morgan fingerprint density at radius 1 is 1.31 bits per heavy atom. The van der Waals surface area contributed by atoms with Crippen LogP contribution < -0.4 is 4.74 Å². The number of methoxy groups -OCH3 is 1. The van der Waals surface area contributed by atoms with E-state index in [2.05, 4.69) is 9.88 Å². The van der Waals surface area contributed by atoms with Gasteiger partial charge in [-0.05, 0) is 31.0 Å². The van der Waals surface area contributed by atoms with Crippen molar-refractivity contribution in [3.05, 3.63) is 46.2 Å². The van der Waals surface area contributed by atoms with Crippen LogP contribution >= 0.6 is 11.3 Å². The lowest BCUT2D eigenvalue weighted by Gasteiger charge is -2.35. The summed E-state index contributed by atoms with van der Waals surface area (Å²) >= 11 is 1.55. The maximum atomic E-state index is 14.2. The Labute approximate surface area is 156 Å². The number of carbonyl (C=O) groups excluding carboxylic acids is 1. The first-order chi connectivity index (χ1) is 12.6. The number of thiazole rings is 1. The summed E-state index contributed by atoms with van der Waals surface area (Å²) in [6.07, 6.45) is 1.91. The molecule has 2 bridgehead atoms. The number of piperidine rings is 1. The fourth-order valence-corrected chi connectivity index (χ4v) is 4.55. The molecule has 3 saturated heterocycles. The van der Waals surface area contributed by atoms with E-state index in [1.165, 1.54) is 6.07 Å². The van der Waals surface area contributed by atoms with Crippen molar-refractivity contribution in [3.63, 3.8) is 0 Å². The molecule has 5 rings (SSSR count). The Hall–Kier alpha value is -1.99. The lowest BCUT2D eigenvalue weighted by molar-refractivity contribution is -0.140. The second kappa shape index (κ2) is 7.32. The normalized spacial score (nSPS) is 23.3. The largest absolute Gasteiger partial charge is 0.497 e. The Balaban J connectivity index is 1.51. The molecule has 138 valence electrons. The summed E-state index contributed by atoms with van der Waals surface area (Å²) in [5.41, 5.74) is 3.36. The van der Waals surface area contributed by atoms with Crippen LogP contribution in [0.15, 0.2) is 29.1 Å². The number of rotatable bonds is 5. The van der Waals surface area contributed by atoms with Gasteiger partial charge in [-0.1, -0.05) is 0 Å². The van der Waals surface area contributed by atoms with Crippen LogP contribution in [0.4, 0.5) is 4.39 Å². The summed E-state index contributed by atoms with van der Waals surface area (Å²) in [5.74, 6) is 0.623. The standard InChI is InChI=1S/C19H22FN3O2S/c1-25-17-4-5-18(20)14(6-17)8-22-7-13-2-3-16(10-22)23(19(13)24)9-15-11-26-12-21-15/h4-6,11-13,16H,2-3,7-10H2,1H3/t13-,16+/m1/s1. The molecule has 7 heteroatoms. The molecule has 0 aliphatic carbocycles. The fraction of sp³-hybridized carbons (Fsp3) is 0.474. The van der Waals surface area contributed by atoms with Gasteiger partial charge in [-0.15, -0.1) is 11.3 Å². The highest BCUT2D eigenvalue weighted by atomic mass is 32.1. The maximum Gasteiger partial charge on any atom is 0.227 e. The first-order valence-corrected chi connectivity index (χ1v) is 9.80. The molecular formula is C19H22FN3O2S. The van der Waals surface area contributed by atoms with E-state index in [4.69, 9.17) is 4.74 Å². The maximum absolute atomic E-state index is 14.2. The number of aromatic nitrogens is 1. The number of hydrogen-bond donors (Lipinski definition) is 0. The first-order valence-electron chi connectivity index (χ1n) is 8.86. The molecule has 0 spiro atoms. The number of fused-ring (bicyclic) bond motifs is 4. The first kappa shape index (κ1) is 17.4. The summed E-state index contributed by atoms with van der Waals surface area (Å²) in [5, 5.41) is 2.00. The van der Waals surface area contributed by atoms with Gasteiger partial charge in [-0.3, -0.25) is 9.69 Å². The van der Waals surface area contributed by atoms with Crippen molar-refractivity contribution < 1.29 is 13.9 Å². The van der Waals surface area contributed by atoms with Gasteiger partial charge in [0.2, 0.25) is 5.91 Å². The van der Waals surface area contributed by atoms with Crippen LogP contribution in [-0.4, -0.2) is 46.9 Å². The van der Waals surface area contributed by atoms with Crippen molar-refractivity contribution in [1.82, 2.24) is 14.8 Å². The van der Waals surface area contributed by atoms with Crippen molar-refractivity contribution in [3.8, 4) is 5.75 Å². The van der Waals surface area contributed by atoms with Crippen molar-refractivity contribution in [2.45, 2.75) is 32.0 Å². The molecule has 26 heavy (non-hydrogen) atoms. The lowest BCUT2D eigenvalue weighted by Crippen LogP contribution is -2.47. The molecule has 0 N–H and O–H groups in total. The molecule has 0 unspecified atom stereocenters. The van der Waals surface area contributed by atoms with Crippen LogP contribution in [0.25, 0.3) is 0 Å². The topological polar surface area (TPSA) is 45.7 Å². The summed E-state index contributed by atoms with van der Waals surface area (Å²) in [4.78, 5) is 21.4. The molecule has 2 aromatic rings. The molecule has 3 aliphatic rings. The van der Waals surface area contributed by atoms with Gasteiger partial charge >= 0.3 is 0 Å². The van der Waals surface area contributed by atoms with E-state index in [1.807, 2.05) is 10.3 Å². The lowest BCUT2D eigenvalue weighted by atomic mass is 9.94. The summed E-state index contributed by atoms with van der Waals surface area (Å²) in [6.45, 7) is 2.52. The molecule has 2 atom stereocenters. The van der Waals surface area contributed by atoms with Gasteiger partial charge in [-0.2, -0.15) is 0 Å². The van der Waals surface area contributed by atoms with Crippen LogP contribution in [0, 0.1) is 11.7 Å². The van der Waals surface area contributed by atoms with E-state index in [0.29, 0.717) is 30.9 Å². The molecule has 3 fully saturated rings. The number of ether oxygens (including phenoxy) is 1. The number of benzene rings is 1.